The van der Waals surface area contributed by atoms with Crippen molar-refractivity contribution in [3.63, 3.8) is 0 Å². The van der Waals surface area contributed by atoms with Gasteiger partial charge in [0, 0.05) is 24.2 Å². The minimum atomic E-state index is -0.516. The fourth-order valence-corrected chi connectivity index (χ4v) is 2.90. The maximum absolute atomic E-state index is 15.3. The highest BCUT2D eigenvalue weighted by atomic mass is 19.1. The fourth-order valence-electron chi connectivity index (χ4n) is 2.90. The van der Waals surface area contributed by atoms with Crippen molar-refractivity contribution in [2.24, 2.45) is 0 Å². The highest BCUT2D eigenvalue weighted by Gasteiger charge is 2.20. The number of aromatic nitrogens is 7. The SMILES string of the molecule is Nc1cncc(-c2ncc3[nH]nc(-c4nc5ccncc5[nH]4)c3c2F)c1. The van der Waals surface area contributed by atoms with Crippen LogP contribution in [0.2, 0.25) is 0 Å². The lowest BCUT2D eigenvalue weighted by atomic mass is 10.1. The number of nitrogens with zero attached hydrogens (tertiary/aromatic N) is 5. The third-order valence-electron chi connectivity index (χ3n) is 4.08. The first kappa shape index (κ1) is 14.5. The van der Waals surface area contributed by atoms with E-state index in [1.807, 2.05) is 0 Å². The van der Waals surface area contributed by atoms with Crippen LogP contribution in [0.5, 0.6) is 0 Å². The van der Waals surface area contributed by atoms with E-state index in [2.05, 4.69) is 35.1 Å². The van der Waals surface area contributed by atoms with Crippen molar-refractivity contribution in [1.29, 1.82) is 0 Å². The van der Waals surface area contributed by atoms with Crippen LogP contribution in [0, 0.1) is 5.82 Å². The number of nitrogens with one attached hydrogen (secondary N) is 2. The fraction of sp³-hybridized carbons (Fsp3) is 0. The summed E-state index contributed by atoms with van der Waals surface area (Å²) in [5, 5.41) is 7.30. The molecule has 5 rings (SSSR count). The Morgan fingerprint density at radius 1 is 1.00 bits per heavy atom. The van der Waals surface area contributed by atoms with Crippen molar-refractivity contribution < 1.29 is 4.39 Å². The van der Waals surface area contributed by atoms with Crippen LogP contribution in [0.15, 0.2) is 43.1 Å². The van der Waals surface area contributed by atoms with Gasteiger partial charge in [-0.3, -0.25) is 20.1 Å². The molecule has 5 aromatic heterocycles. The number of hydrogen-bond donors (Lipinski definition) is 3. The highest BCUT2D eigenvalue weighted by Crippen LogP contribution is 2.32. The lowest BCUT2D eigenvalue weighted by Gasteiger charge is -2.04. The van der Waals surface area contributed by atoms with E-state index >= 15 is 4.39 Å². The smallest absolute Gasteiger partial charge is 0.161 e. The number of nitrogens with two attached hydrogens (primary N) is 1. The van der Waals surface area contributed by atoms with E-state index in [1.165, 1.54) is 18.6 Å². The molecule has 0 fully saturated rings. The molecular weight excluding hydrogens is 335 g/mol. The number of aromatic amines is 2. The van der Waals surface area contributed by atoms with E-state index in [4.69, 9.17) is 5.73 Å². The molecule has 0 aliphatic rings. The molecule has 9 heteroatoms. The quantitative estimate of drug-likeness (QED) is 0.452. The van der Waals surface area contributed by atoms with Gasteiger partial charge in [0.05, 0.1) is 40.0 Å². The van der Waals surface area contributed by atoms with Gasteiger partial charge in [-0.25, -0.2) is 9.37 Å². The molecule has 8 nitrogen and oxygen atoms in total. The lowest BCUT2D eigenvalue weighted by molar-refractivity contribution is 0.638. The Bertz CT molecular complexity index is 1240. The first-order valence-electron chi connectivity index (χ1n) is 7.74. The van der Waals surface area contributed by atoms with Crippen LogP contribution in [0.1, 0.15) is 0 Å². The number of imidazole rings is 1. The molecule has 5 heterocycles. The Morgan fingerprint density at radius 2 is 1.92 bits per heavy atom. The number of nitrogen functional groups attached to an aromatic ring is 1. The Morgan fingerprint density at radius 3 is 2.77 bits per heavy atom. The second kappa shape index (κ2) is 5.31. The van der Waals surface area contributed by atoms with Gasteiger partial charge in [0.15, 0.2) is 11.6 Å². The molecule has 0 aliphatic heterocycles. The number of hydrogen-bond acceptors (Lipinski definition) is 6. The summed E-state index contributed by atoms with van der Waals surface area (Å²) in [5.41, 5.74) is 9.13. The average molecular weight is 346 g/mol. The summed E-state index contributed by atoms with van der Waals surface area (Å²) in [5.74, 6) is -0.0711. The third kappa shape index (κ3) is 2.10. The van der Waals surface area contributed by atoms with Gasteiger partial charge >= 0.3 is 0 Å². The second-order valence-corrected chi connectivity index (χ2v) is 5.77. The predicted molar refractivity (Wildman–Crippen MR) is 94.4 cm³/mol. The monoisotopic (exact) mass is 346 g/mol. The van der Waals surface area contributed by atoms with Crippen molar-refractivity contribution in [3.8, 4) is 22.8 Å². The minimum Gasteiger partial charge on any atom is -0.397 e. The molecule has 5 aromatic rings. The van der Waals surface area contributed by atoms with Gasteiger partial charge in [0.1, 0.15) is 11.4 Å². The molecule has 4 N–H and O–H groups in total. The summed E-state index contributed by atoms with van der Waals surface area (Å²) in [7, 11) is 0. The molecule has 126 valence electrons. The van der Waals surface area contributed by atoms with E-state index in [0.29, 0.717) is 33.7 Å². The van der Waals surface area contributed by atoms with Gasteiger partial charge < -0.3 is 10.7 Å². The molecule has 0 aliphatic carbocycles. The van der Waals surface area contributed by atoms with E-state index in [0.717, 1.165) is 11.0 Å². The van der Waals surface area contributed by atoms with E-state index in [1.54, 1.807) is 24.5 Å². The third-order valence-corrected chi connectivity index (χ3v) is 4.08. The molecule has 0 unspecified atom stereocenters. The first-order valence-corrected chi connectivity index (χ1v) is 7.74. The molecule has 0 atom stereocenters. The van der Waals surface area contributed by atoms with Crippen molar-refractivity contribution in [3.05, 3.63) is 48.9 Å². The van der Waals surface area contributed by atoms with Crippen molar-refractivity contribution >= 4 is 27.6 Å². The average Bonchev–Trinajstić information content (AvgIpc) is 3.26. The Hall–Kier alpha value is -3.88. The van der Waals surface area contributed by atoms with Crippen LogP contribution >= 0.6 is 0 Å². The maximum atomic E-state index is 15.3. The van der Waals surface area contributed by atoms with E-state index in [9.17, 15) is 0 Å². The Balaban J connectivity index is 1.75. The zero-order valence-corrected chi connectivity index (χ0v) is 13.2. The Labute approximate surface area is 145 Å². The van der Waals surface area contributed by atoms with Crippen molar-refractivity contribution in [2.75, 3.05) is 5.73 Å². The number of H-pyrrole nitrogens is 2. The van der Waals surface area contributed by atoms with E-state index < -0.39 is 5.82 Å². The van der Waals surface area contributed by atoms with Crippen LogP contribution in [0.4, 0.5) is 10.1 Å². The van der Waals surface area contributed by atoms with Gasteiger partial charge in [0.2, 0.25) is 0 Å². The van der Waals surface area contributed by atoms with Gasteiger partial charge in [-0.15, -0.1) is 0 Å². The predicted octanol–water partition coefficient (Wildman–Crippen LogP) is 2.68. The van der Waals surface area contributed by atoms with Crippen LogP contribution in [0.25, 0.3) is 44.7 Å². The van der Waals surface area contributed by atoms with Gasteiger partial charge in [0.25, 0.3) is 0 Å². The molecular formula is C17H11FN8. The zero-order chi connectivity index (χ0) is 17.7. The first-order chi connectivity index (χ1) is 12.7. The summed E-state index contributed by atoms with van der Waals surface area (Å²) < 4.78 is 15.3. The number of fused-ring (bicyclic) bond motifs is 2. The van der Waals surface area contributed by atoms with Crippen LogP contribution in [-0.4, -0.2) is 35.1 Å². The summed E-state index contributed by atoms with van der Waals surface area (Å²) in [4.78, 5) is 19.8. The van der Waals surface area contributed by atoms with Gasteiger partial charge in [-0.2, -0.15) is 5.10 Å². The number of pyridine rings is 3. The van der Waals surface area contributed by atoms with E-state index in [-0.39, 0.29) is 5.69 Å². The maximum Gasteiger partial charge on any atom is 0.161 e. The lowest BCUT2D eigenvalue weighted by Crippen LogP contribution is -1.94. The van der Waals surface area contributed by atoms with Crippen molar-refractivity contribution in [2.45, 2.75) is 0 Å². The molecule has 0 spiro atoms. The molecule has 0 aromatic carbocycles. The summed E-state index contributed by atoms with van der Waals surface area (Å²) in [6.45, 7) is 0. The molecule has 0 saturated carbocycles. The summed E-state index contributed by atoms with van der Waals surface area (Å²) in [6.07, 6.45) is 7.83. The highest BCUT2D eigenvalue weighted by molar-refractivity contribution is 5.95. The molecule has 0 saturated heterocycles. The molecule has 0 bridgehead atoms. The minimum absolute atomic E-state index is 0.151. The number of rotatable bonds is 2. The number of anilines is 1. The molecule has 0 radical (unpaired) electrons. The van der Waals surface area contributed by atoms with Crippen LogP contribution in [0.3, 0.4) is 0 Å². The van der Waals surface area contributed by atoms with Gasteiger partial charge in [-0.1, -0.05) is 0 Å². The van der Waals surface area contributed by atoms with Crippen molar-refractivity contribution in [1.82, 2.24) is 35.1 Å². The Kier molecular flexibility index (Phi) is 2.95. The topological polar surface area (TPSA) is 122 Å². The summed E-state index contributed by atoms with van der Waals surface area (Å²) >= 11 is 0. The largest absolute Gasteiger partial charge is 0.397 e. The van der Waals surface area contributed by atoms with Crippen LogP contribution in [-0.2, 0) is 0 Å². The normalized spacial score (nSPS) is 11.4. The summed E-state index contributed by atoms with van der Waals surface area (Å²) in [6, 6.07) is 3.39. The number of halogens is 1. The zero-order valence-electron chi connectivity index (χ0n) is 13.2. The molecule has 0 amide bonds. The second-order valence-electron chi connectivity index (χ2n) is 5.77. The van der Waals surface area contributed by atoms with Crippen LogP contribution < -0.4 is 5.73 Å². The van der Waals surface area contributed by atoms with Gasteiger partial charge in [-0.05, 0) is 12.1 Å². The standard InChI is InChI=1S/C17H11FN8/c18-14-13-12(7-22-15(14)8-3-9(19)5-21-4-8)25-26-16(13)17-23-10-1-2-20-6-11(10)24-17/h1-7H,19H2,(H,23,24)(H,25,26). The molecule has 26 heavy (non-hydrogen) atoms.